The molecular formula is C25H22F2O2. The van der Waals surface area contributed by atoms with E-state index in [0.717, 1.165) is 37.2 Å². The third-order valence-electron chi connectivity index (χ3n) is 4.99. The summed E-state index contributed by atoms with van der Waals surface area (Å²) in [4.78, 5) is 0. The molecule has 0 bridgehead atoms. The Hall–Kier alpha value is -2.74. The first-order valence-corrected chi connectivity index (χ1v) is 9.80. The Morgan fingerprint density at radius 1 is 0.828 bits per heavy atom. The number of halogens is 2. The zero-order valence-corrected chi connectivity index (χ0v) is 16.3. The van der Waals surface area contributed by atoms with Crippen LogP contribution in [0.3, 0.4) is 0 Å². The number of rotatable bonds is 3. The van der Waals surface area contributed by atoms with Gasteiger partial charge in [-0.25, -0.2) is 8.78 Å². The molecule has 0 N–H and O–H groups in total. The van der Waals surface area contributed by atoms with Gasteiger partial charge in [0.2, 0.25) is 0 Å². The van der Waals surface area contributed by atoms with Gasteiger partial charge in [0.1, 0.15) is 0 Å². The third kappa shape index (κ3) is 5.00. The molecule has 0 aromatic heterocycles. The summed E-state index contributed by atoms with van der Waals surface area (Å²) in [5.41, 5.74) is 2.87. The molecule has 1 aliphatic rings. The highest BCUT2D eigenvalue weighted by Gasteiger charge is 2.18. The standard InChI is InChI=1S/C25H22F2O2/c1-17-15-28-25(29-16-17)11-9-19-4-2-18(3-5-19)6-7-20-8-10-21-13-23(26)24(27)14-22(21)12-20/h2-5,8,10,12-14,17,25H,9,11,15-16H2,1H3. The van der Waals surface area contributed by atoms with Crippen LogP contribution in [0.4, 0.5) is 8.78 Å². The lowest BCUT2D eigenvalue weighted by Gasteiger charge is -2.27. The molecule has 4 heteroatoms. The maximum Gasteiger partial charge on any atom is 0.159 e. The molecule has 148 valence electrons. The monoisotopic (exact) mass is 392 g/mol. The summed E-state index contributed by atoms with van der Waals surface area (Å²) < 4.78 is 38.1. The predicted molar refractivity (Wildman–Crippen MR) is 109 cm³/mol. The maximum absolute atomic E-state index is 13.4. The van der Waals surface area contributed by atoms with Crippen molar-refractivity contribution in [1.29, 1.82) is 0 Å². The van der Waals surface area contributed by atoms with E-state index in [9.17, 15) is 8.78 Å². The number of hydrogen-bond donors (Lipinski definition) is 0. The lowest BCUT2D eigenvalue weighted by molar-refractivity contribution is -0.199. The summed E-state index contributed by atoms with van der Waals surface area (Å²) in [6.07, 6.45) is 1.61. The Kier molecular flexibility index (Phi) is 5.89. The van der Waals surface area contributed by atoms with Gasteiger partial charge in [0.15, 0.2) is 17.9 Å². The van der Waals surface area contributed by atoms with Crippen molar-refractivity contribution in [3.8, 4) is 11.8 Å². The number of ether oxygens (including phenoxy) is 2. The molecule has 0 atom stereocenters. The van der Waals surface area contributed by atoms with Gasteiger partial charge in [0.25, 0.3) is 0 Å². The van der Waals surface area contributed by atoms with Crippen molar-refractivity contribution in [1.82, 2.24) is 0 Å². The first-order chi connectivity index (χ1) is 14.1. The van der Waals surface area contributed by atoms with Crippen LogP contribution in [0.5, 0.6) is 0 Å². The molecule has 0 aliphatic carbocycles. The number of benzene rings is 3. The third-order valence-corrected chi connectivity index (χ3v) is 4.99. The average molecular weight is 392 g/mol. The van der Waals surface area contributed by atoms with Gasteiger partial charge in [-0.15, -0.1) is 0 Å². The SMILES string of the molecule is CC1COC(CCc2ccc(C#Cc3ccc4cc(F)c(F)cc4c3)cc2)OC1. The first kappa shape index (κ1) is 19.6. The quantitative estimate of drug-likeness (QED) is 0.551. The number of aryl methyl sites for hydroxylation is 1. The number of fused-ring (bicyclic) bond motifs is 1. The first-order valence-electron chi connectivity index (χ1n) is 9.80. The van der Waals surface area contributed by atoms with E-state index in [1.165, 1.54) is 17.7 Å². The lowest BCUT2D eigenvalue weighted by atomic mass is 10.1. The summed E-state index contributed by atoms with van der Waals surface area (Å²) in [5.74, 6) is 4.98. The van der Waals surface area contributed by atoms with Crippen LogP contribution in [0.2, 0.25) is 0 Å². The van der Waals surface area contributed by atoms with E-state index in [1.807, 2.05) is 18.2 Å². The van der Waals surface area contributed by atoms with Gasteiger partial charge in [-0.3, -0.25) is 0 Å². The van der Waals surface area contributed by atoms with E-state index in [0.29, 0.717) is 16.7 Å². The second-order valence-corrected chi connectivity index (χ2v) is 7.52. The summed E-state index contributed by atoms with van der Waals surface area (Å²) >= 11 is 0. The molecule has 1 heterocycles. The van der Waals surface area contributed by atoms with Crippen LogP contribution in [0.15, 0.2) is 54.6 Å². The topological polar surface area (TPSA) is 18.5 Å². The molecule has 4 rings (SSSR count). The molecule has 1 aliphatic heterocycles. The highest BCUT2D eigenvalue weighted by Crippen LogP contribution is 2.20. The molecule has 29 heavy (non-hydrogen) atoms. The van der Waals surface area contributed by atoms with Gasteiger partial charge in [0, 0.05) is 23.5 Å². The lowest BCUT2D eigenvalue weighted by Crippen LogP contribution is -2.30. The molecule has 0 saturated carbocycles. The minimum atomic E-state index is -0.850. The summed E-state index contributed by atoms with van der Waals surface area (Å²) in [6, 6.07) is 15.8. The van der Waals surface area contributed by atoms with Gasteiger partial charge in [0.05, 0.1) is 13.2 Å². The highest BCUT2D eigenvalue weighted by molar-refractivity contribution is 5.84. The Labute approximate surface area is 169 Å². The van der Waals surface area contributed by atoms with Gasteiger partial charge in [-0.05, 0) is 59.2 Å². The van der Waals surface area contributed by atoms with Crippen LogP contribution in [-0.4, -0.2) is 19.5 Å². The Bertz CT molecular complexity index is 1060. The molecule has 1 saturated heterocycles. The van der Waals surface area contributed by atoms with Crippen molar-refractivity contribution in [2.75, 3.05) is 13.2 Å². The fourth-order valence-corrected chi connectivity index (χ4v) is 3.31. The van der Waals surface area contributed by atoms with E-state index >= 15 is 0 Å². The highest BCUT2D eigenvalue weighted by atomic mass is 19.2. The molecule has 1 fully saturated rings. The maximum atomic E-state index is 13.4. The van der Waals surface area contributed by atoms with E-state index in [1.54, 1.807) is 12.1 Å². The summed E-state index contributed by atoms with van der Waals surface area (Å²) in [7, 11) is 0. The predicted octanol–water partition coefficient (Wildman–Crippen LogP) is 5.46. The largest absolute Gasteiger partial charge is 0.352 e. The normalized spacial score (nSPS) is 19.0. The molecule has 3 aromatic rings. The van der Waals surface area contributed by atoms with Gasteiger partial charge >= 0.3 is 0 Å². The molecule has 0 spiro atoms. The summed E-state index contributed by atoms with van der Waals surface area (Å²) in [6.45, 7) is 3.64. The van der Waals surface area contributed by atoms with Crippen molar-refractivity contribution in [2.45, 2.75) is 26.1 Å². The Balaban J connectivity index is 1.39. The van der Waals surface area contributed by atoms with E-state index in [2.05, 4.69) is 30.9 Å². The van der Waals surface area contributed by atoms with Gasteiger partial charge in [-0.2, -0.15) is 0 Å². The minimum Gasteiger partial charge on any atom is -0.352 e. The molecule has 3 aromatic carbocycles. The smallest absolute Gasteiger partial charge is 0.159 e. The molecular weight excluding hydrogens is 370 g/mol. The Morgan fingerprint density at radius 3 is 2.17 bits per heavy atom. The zero-order chi connectivity index (χ0) is 20.2. The van der Waals surface area contributed by atoms with E-state index < -0.39 is 11.6 Å². The van der Waals surface area contributed by atoms with Crippen molar-refractivity contribution >= 4 is 10.8 Å². The van der Waals surface area contributed by atoms with Crippen molar-refractivity contribution in [3.05, 3.63) is 82.9 Å². The van der Waals surface area contributed by atoms with Crippen LogP contribution in [0.25, 0.3) is 10.8 Å². The van der Waals surface area contributed by atoms with Crippen LogP contribution >= 0.6 is 0 Å². The van der Waals surface area contributed by atoms with Crippen LogP contribution in [-0.2, 0) is 15.9 Å². The molecule has 2 nitrogen and oxygen atoms in total. The molecule has 0 unspecified atom stereocenters. The Morgan fingerprint density at radius 2 is 1.45 bits per heavy atom. The van der Waals surface area contributed by atoms with Gasteiger partial charge < -0.3 is 9.47 Å². The van der Waals surface area contributed by atoms with Crippen molar-refractivity contribution in [3.63, 3.8) is 0 Å². The molecule has 0 amide bonds. The summed E-state index contributed by atoms with van der Waals surface area (Å²) in [5, 5.41) is 1.28. The minimum absolute atomic E-state index is 0.114. The van der Waals surface area contributed by atoms with E-state index in [-0.39, 0.29) is 6.29 Å². The van der Waals surface area contributed by atoms with Crippen LogP contribution < -0.4 is 0 Å². The van der Waals surface area contributed by atoms with Crippen LogP contribution in [0, 0.1) is 29.4 Å². The second kappa shape index (κ2) is 8.73. The number of hydrogen-bond acceptors (Lipinski definition) is 2. The van der Waals surface area contributed by atoms with E-state index in [4.69, 9.17) is 9.47 Å². The van der Waals surface area contributed by atoms with Crippen LogP contribution in [0.1, 0.15) is 30.0 Å². The average Bonchev–Trinajstić information content (AvgIpc) is 2.73. The van der Waals surface area contributed by atoms with Crippen molar-refractivity contribution in [2.24, 2.45) is 5.92 Å². The molecule has 0 radical (unpaired) electrons. The second-order valence-electron chi connectivity index (χ2n) is 7.52. The zero-order valence-electron chi connectivity index (χ0n) is 16.3. The fourth-order valence-electron chi connectivity index (χ4n) is 3.31. The van der Waals surface area contributed by atoms with Gasteiger partial charge in [-0.1, -0.05) is 37.0 Å². The van der Waals surface area contributed by atoms with Crippen molar-refractivity contribution < 1.29 is 18.3 Å². The fraction of sp³-hybridized carbons (Fsp3) is 0.280.